The summed E-state index contributed by atoms with van der Waals surface area (Å²) in [5.74, 6) is 0.757. The lowest BCUT2D eigenvalue weighted by Crippen LogP contribution is -2.22. The Morgan fingerprint density at radius 3 is 3.18 bits per heavy atom. The number of thiocarbonyl (C=S) groups is 1. The van der Waals surface area contributed by atoms with E-state index >= 15 is 0 Å². The molecule has 0 spiro atoms. The molecule has 5 heteroatoms. The number of hydrogen-bond donors (Lipinski definition) is 2. The van der Waals surface area contributed by atoms with Crippen LogP contribution in [0, 0.1) is 6.92 Å². The summed E-state index contributed by atoms with van der Waals surface area (Å²) >= 11 is 5.05. The van der Waals surface area contributed by atoms with Gasteiger partial charge in [-0.15, -0.1) is 0 Å². The number of nitrogens with one attached hydrogen (secondary N) is 1. The number of pyridine rings is 1. The molecule has 1 atom stereocenters. The molecule has 1 aliphatic heterocycles. The predicted octanol–water partition coefficient (Wildman–Crippen LogP) is 1.62. The summed E-state index contributed by atoms with van der Waals surface area (Å²) in [6.07, 6.45) is 4.27. The van der Waals surface area contributed by atoms with Gasteiger partial charge in [0.1, 0.15) is 10.8 Å². The van der Waals surface area contributed by atoms with E-state index in [1.54, 1.807) is 6.20 Å². The van der Waals surface area contributed by atoms with Gasteiger partial charge >= 0.3 is 0 Å². The first-order valence-corrected chi connectivity index (χ1v) is 6.20. The smallest absolute Gasteiger partial charge is 0.136 e. The summed E-state index contributed by atoms with van der Waals surface area (Å²) < 4.78 is 5.55. The highest BCUT2D eigenvalue weighted by atomic mass is 32.1. The van der Waals surface area contributed by atoms with E-state index < -0.39 is 0 Å². The van der Waals surface area contributed by atoms with E-state index in [2.05, 4.69) is 10.3 Å². The van der Waals surface area contributed by atoms with E-state index in [-0.39, 0.29) is 6.10 Å². The zero-order chi connectivity index (χ0) is 12.3. The Kier molecular flexibility index (Phi) is 3.91. The molecular formula is C12H17N3OS. The molecule has 0 aliphatic carbocycles. The summed E-state index contributed by atoms with van der Waals surface area (Å²) in [5, 5.41) is 3.27. The summed E-state index contributed by atoms with van der Waals surface area (Å²) in [6, 6.07) is 1.91. The molecule has 1 aromatic heterocycles. The van der Waals surface area contributed by atoms with Crippen LogP contribution in [0.25, 0.3) is 0 Å². The minimum absolute atomic E-state index is 0.275. The van der Waals surface area contributed by atoms with Crippen molar-refractivity contribution in [3.8, 4) is 0 Å². The minimum Gasteiger partial charge on any atom is -0.389 e. The van der Waals surface area contributed by atoms with Gasteiger partial charge in [0.25, 0.3) is 0 Å². The number of rotatable bonds is 4. The maximum absolute atomic E-state index is 5.72. The number of ether oxygens (including phenoxy) is 1. The van der Waals surface area contributed by atoms with Crippen molar-refractivity contribution in [1.29, 1.82) is 0 Å². The molecule has 1 aromatic rings. The van der Waals surface area contributed by atoms with E-state index in [1.807, 2.05) is 13.0 Å². The molecule has 0 bridgehead atoms. The number of nitrogens with zero attached hydrogens (tertiary/aromatic N) is 1. The fourth-order valence-electron chi connectivity index (χ4n) is 2.02. The Morgan fingerprint density at radius 2 is 2.53 bits per heavy atom. The first-order chi connectivity index (χ1) is 8.18. The highest BCUT2D eigenvalue weighted by molar-refractivity contribution is 7.80. The van der Waals surface area contributed by atoms with Crippen LogP contribution in [-0.4, -0.2) is 29.2 Å². The number of aromatic nitrogens is 1. The third kappa shape index (κ3) is 2.92. The van der Waals surface area contributed by atoms with Crippen molar-refractivity contribution in [2.75, 3.05) is 18.5 Å². The molecule has 0 radical (unpaired) electrons. The van der Waals surface area contributed by atoms with Gasteiger partial charge in [0, 0.05) is 19.3 Å². The molecule has 1 saturated heterocycles. The third-order valence-electron chi connectivity index (χ3n) is 2.93. The Hall–Kier alpha value is -1.20. The van der Waals surface area contributed by atoms with Gasteiger partial charge in [0.05, 0.1) is 11.7 Å². The second-order valence-electron chi connectivity index (χ2n) is 4.23. The third-order valence-corrected chi connectivity index (χ3v) is 3.13. The van der Waals surface area contributed by atoms with Gasteiger partial charge in [-0.3, -0.25) is 0 Å². The molecule has 92 valence electrons. The van der Waals surface area contributed by atoms with E-state index in [4.69, 9.17) is 22.7 Å². The van der Waals surface area contributed by atoms with Crippen molar-refractivity contribution in [2.24, 2.45) is 5.73 Å². The van der Waals surface area contributed by atoms with Gasteiger partial charge < -0.3 is 15.8 Å². The summed E-state index contributed by atoms with van der Waals surface area (Å²) in [4.78, 5) is 4.67. The fourth-order valence-corrected chi connectivity index (χ4v) is 2.28. The first-order valence-electron chi connectivity index (χ1n) is 5.79. The fraction of sp³-hybridized carbons (Fsp3) is 0.500. The summed E-state index contributed by atoms with van der Waals surface area (Å²) in [7, 11) is 0. The van der Waals surface area contributed by atoms with Crippen molar-refractivity contribution in [3.63, 3.8) is 0 Å². The normalized spacial score (nSPS) is 19.2. The largest absolute Gasteiger partial charge is 0.389 e. The van der Waals surface area contributed by atoms with Crippen LogP contribution < -0.4 is 11.1 Å². The zero-order valence-electron chi connectivity index (χ0n) is 9.90. The molecule has 17 heavy (non-hydrogen) atoms. The SMILES string of the molecule is Cc1ccnc(NCC2CCCO2)c1C(N)=S. The lowest BCUT2D eigenvalue weighted by Gasteiger charge is -2.15. The highest BCUT2D eigenvalue weighted by Gasteiger charge is 2.16. The summed E-state index contributed by atoms with van der Waals surface area (Å²) in [5.41, 5.74) is 7.60. The Bertz CT molecular complexity index is 416. The van der Waals surface area contributed by atoms with Gasteiger partial charge in [0.15, 0.2) is 0 Å². The van der Waals surface area contributed by atoms with Crippen molar-refractivity contribution in [1.82, 2.24) is 4.98 Å². The Morgan fingerprint density at radius 1 is 1.71 bits per heavy atom. The van der Waals surface area contributed by atoms with Gasteiger partial charge in [-0.25, -0.2) is 4.98 Å². The van der Waals surface area contributed by atoms with E-state index in [1.165, 1.54) is 0 Å². The molecule has 1 aliphatic rings. The lowest BCUT2D eigenvalue weighted by atomic mass is 10.1. The molecule has 0 aromatic carbocycles. The zero-order valence-corrected chi connectivity index (χ0v) is 10.7. The van der Waals surface area contributed by atoms with E-state index in [0.717, 1.165) is 42.9 Å². The second kappa shape index (κ2) is 5.42. The van der Waals surface area contributed by atoms with Crippen molar-refractivity contribution in [3.05, 3.63) is 23.4 Å². The molecule has 1 unspecified atom stereocenters. The van der Waals surface area contributed by atoms with E-state index in [9.17, 15) is 0 Å². The molecule has 1 fully saturated rings. The Balaban J connectivity index is 2.09. The average Bonchev–Trinajstić information content (AvgIpc) is 2.78. The van der Waals surface area contributed by atoms with Crippen LogP contribution in [0.3, 0.4) is 0 Å². The molecule has 2 heterocycles. The van der Waals surface area contributed by atoms with Crippen LogP contribution in [0.2, 0.25) is 0 Å². The van der Waals surface area contributed by atoms with Gasteiger partial charge in [0.2, 0.25) is 0 Å². The lowest BCUT2D eigenvalue weighted by molar-refractivity contribution is 0.120. The maximum Gasteiger partial charge on any atom is 0.136 e. The monoisotopic (exact) mass is 251 g/mol. The van der Waals surface area contributed by atoms with Crippen molar-refractivity contribution < 1.29 is 4.74 Å². The number of aryl methyl sites for hydroxylation is 1. The molecular weight excluding hydrogens is 234 g/mol. The van der Waals surface area contributed by atoms with Crippen LogP contribution in [0.1, 0.15) is 24.0 Å². The average molecular weight is 251 g/mol. The number of hydrogen-bond acceptors (Lipinski definition) is 4. The predicted molar refractivity (Wildman–Crippen MR) is 72.3 cm³/mol. The van der Waals surface area contributed by atoms with Gasteiger partial charge in [-0.05, 0) is 31.4 Å². The summed E-state index contributed by atoms with van der Waals surface area (Å²) in [6.45, 7) is 3.59. The van der Waals surface area contributed by atoms with Crippen LogP contribution >= 0.6 is 12.2 Å². The first kappa shape index (κ1) is 12.3. The molecule has 4 nitrogen and oxygen atoms in total. The van der Waals surface area contributed by atoms with Crippen LogP contribution in [0.5, 0.6) is 0 Å². The molecule has 3 N–H and O–H groups in total. The van der Waals surface area contributed by atoms with Gasteiger partial charge in [-0.2, -0.15) is 0 Å². The topological polar surface area (TPSA) is 60.2 Å². The van der Waals surface area contributed by atoms with Crippen LogP contribution in [-0.2, 0) is 4.74 Å². The second-order valence-corrected chi connectivity index (χ2v) is 4.67. The standard InChI is InChI=1S/C12H17N3OS/c1-8-4-5-14-12(10(8)11(13)17)15-7-9-3-2-6-16-9/h4-5,9H,2-3,6-7H2,1H3,(H2,13,17)(H,14,15). The molecule has 0 saturated carbocycles. The van der Waals surface area contributed by atoms with Crippen molar-refractivity contribution in [2.45, 2.75) is 25.9 Å². The van der Waals surface area contributed by atoms with Gasteiger partial charge in [-0.1, -0.05) is 12.2 Å². The minimum atomic E-state index is 0.275. The highest BCUT2D eigenvalue weighted by Crippen LogP contribution is 2.18. The van der Waals surface area contributed by atoms with E-state index in [0.29, 0.717) is 4.99 Å². The number of nitrogens with two attached hydrogens (primary N) is 1. The Labute approximate surface area is 107 Å². The molecule has 0 amide bonds. The number of anilines is 1. The van der Waals surface area contributed by atoms with Crippen LogP contribution in [0.4, 0.5) is 5.82 Å². The van der Waals surface area contributed by atoms with Crippen LogP contribution in [0.15, 0.2) is 12.3 Å². The quantitative estimate of drug-likeness (QED) is 0.796. The molecule has 2 rings (SSSR count). The van der Waals surface area contributed by atoms with Crippen molar-refractivity contribution >= 4 is 23.0 Å². The maximum atomic E-state index is 5.72.